The van der Waals surface area contributed by atoms with E-state index >= 15 is 0 Å². The Hall–Kier alpha value is -0.970. The second-order valence-electron chi connectivity index (χ2n) is 4.33. The summed E-state index contributed by atoms with van der Waals surface area (Å²) in [7, 11) is 0. The first-order valence-electron chi connectivity index (χ1n) is 5.03. The van der Waals surface area contributed by atoms with Gasteiger partial charge in [-0.2, -0.15) is 11.8 Å². The minimum atomic E-state index is 0.293. The summed E-state index contributed by atoms with van der Waals surface area (Å²) >= 11 is 2.01. The zero-order chi connectivity index (χ0) is 10.9. The van der Waals surface area contributed by atoms with Crippen LogP contribution in [0.5, 0.6) is 0 Å². The quantitative estimate of drug-likeness (QED) is 0.781. The number of thioether (sulfide) groups is 1. The van der Waals surface area contributed by atoms with Crippen LogP contribution < -0.4 is 10.6 Å². The number of anilines is 2. The van der Waals surface area contributed by atoms with Gasteiger partial charge in [0.1, 0.15) is 11.6 Å². The Kier molecular flexibility index (Phi) is 2.73. The van der Waals surface area contributed by atoms with E-state index in [-0.39, 0.29) is 0 Å². The lowest BCUT2D eigenvalue weighted by molar-refractivity contribution is 0.641. The van der Waals surface area contributed by atoms with E-state index in [9.17, 15) is 0 Å². The van der Waals surface area contributed by atoms with Gasteiger partial charge in [-0.1, -0.05) is 0 Å². The number of aromatic nitrogens is 2. The molecule has 0 aromatic carbocycles. The van der Waals surface area contributed by atoms with Crippen molar-refractivity contribution in [1.82, 2.24) is 9.97 Å². The topological polar surface area (TPSA) is 55.0 Å². The van der Waals surface area contributed by atoms with Gasteiger partial charge in [0.25, 0.3) is 0 Å². The normalized spacial score (nSPS) is 20.3. The fourth-order valence-electron chi connectivity index (χ4n) is 1.71. The third kappa shape index (κ3) is 2.53. The van der Waals surface area contributed by atoms with Crippen LogP contribution in [0.3, 0.4) is 0 Å². The molecule has 1 saturated heterocycles. The minimum Gasteiger partial charge on any atom is -0.382 e. The molecule has 0 bridgehead atoms. The molecule has 2 heterocycles. The average Bonchev–Trinajstić information content (AvgIpc) is 2.17. The van der Waals surface area contributed by atoms with Crippen molar-refractivity contribution in [3.8, 4) is 0 Å². The minimum absolute atomic E-state index is 0.293. The molecule has 15 heavy (non-hydrogen) atoms. The second-order valence-corrected chi connectivity index (χ2v) is 6.13. The van der Waals surface area contributed by atoms with E-state index in [2.05, 4.69) is 28.7 Å². The summed E-state index contributed by atoms with van der Waals surface area (Å²) in [4.78, 5) is 10.6. The lowest BCUT2D eigenvalue weighted by atomic mass is 10.2. The van der Waals surface area contributed by atoms with Gasteiger partial charge < -0.3 is 10.6 Å². The molecule has 0 amide bonds. The molecule has 4 nitrogen and oxygen atoms in total. The Labute approximate surface area is 94.3 Å². The standard InChI is InChI=1S/C10H16N4S/c1-10(2)7-14(3-4-15-10)9-6-12-8(11)5-13-9/h5-6H,3-4,7H2,1-2H3,(H2,11,12). The van der Waals surface area contributed by atoms with Gasteiger partial charge in [-0.3, -0.25) is 0 Å². The summed E-state index contributed by atoms with van der Waals surface area (Å²) in [6.07, 6.45) is 3.37. The number of nitrogens with zero attached hydrogens (tertiary/aromatic N) is 3. The first kappa shape index (κ1) is 10.5. The summed E-state index contributed by atoms with van der Waals surface area (Å²) < 4.78 is 0.293. The maximum absolute atomic E-state index is 5.51. The average molecular weight is 224 g/mol. The first-order valence-corrected chi connectivity index (χ1v) is 6.02. The highest BCUT2D eigenvalue weighted by atomic mass is 32.2. The summed E-state index contributed by atoms with van der Waals surface area (Å²) in [6.45, 7) is 6.56. The van der Waals surface area contributed by atoms with Crippen LogP contribution >= 0.6 is 11.8 Å². The van der Waals surface area contributed by atoms with Crippen LogP contribution in [0.2, 0.25) is 0 Å². The molecule has 0 aliphatic carbocycles. The van der Waals surface area contributed by atoms with E-state index in [4.69, 9.17) is 5.73 Å². The van der Waals surface area contributed by atoms with Crippen LogP contribution in [0, 0.1) is 0 Å². The van der Waals surface area contributed by atoms with Gasteiger partial charge in [0.2, 0.25) is 0 Å². The van der Waals surface area contributed by atoms with E-state index in [1.54, 1.807) is 12.4 Å². The summed E-state index contributed by atoms with van der Waals surface area (Å²) in [5.41, 5.74) is 5.51. The molecule has 1 aliphatic heterocycles. The summed E-state index contributed by atoms with van der Waals surface area (Å²) in [5.74, 6) is 2.54. The molecular formula is C10H16N4S. The van der Waals surface area contributed by atoms with Gasteiger partial charge in [0.05, 0.1) is 12.4 Å². The maximum atomic E-state index is 5.51. The van der Waals surface area contributed by atoms with Crippen molar-refractivity contribution in [2.24, 2.45) is 0 Å². The van der Waals surface area contributed by atoms with Gasteiger partial charge in [0, 0.05) is 23.6 Å². The van der Waals surface area contributed by atoms with E-state index in [0.717, 1.165) is 24.7 Å². The van der Waals surface area contributed by atoms with Gasteiger partial charge >= 0.3 is 0 Å². The molecule has 2 N–H and O–H groups in total. The number of nitrogen functional groups attached to an aromatic ring is 1. The van der Waals surface area contributed by atoms with E-state index in [1.807, 2.05) is 11.8 Å². The zero-order valence-corrected chi connectivity index (χ0v) is 9.92. The highest BCUT2D eigenvalue weighted by molar-refractivity contribution is 8.00. The van der Waals surface area contributed by atoms with Crippen molar-refractivity contribution in [3.63, 3.8) is 0 Å². The van der Waals surface area contributed by atoms with Crippen molar-refractivity contribution >= 4 is 23.4 Å². The lowest BCUT2D eigenvalue weighted by Gasteiger charge is -2.38. The molecule has 0 atom stereocenters. The molecule has 82 valence electrons. The fraction of sp³-hybridized carbons (Fsp3) is 0.600. The van der Waals surface area contributed by atoms with Crippen LogP contribution in [0.1, 0.15) is 13.8 Å². The Morgan fingerprint density at radius 2 is 2.20 bits per heavy atom. The predicted molar refractivity (Wildman–Crippen MR) is 65.2 cm³/mol. The Morgan fingerprint density at radius 1 is 1.40 bits per heavy atom. The van der Waals surface area contributed by atoms with Gasteiger partial charge in [-0.15, -0.1) is 0 Å². The molecule has 0 unspecified atom stereocenters. The third-order valence-electron chi connectivity index (χ3n) is 2.41. The highest BCUT2D eigenvalue weighted by Crippen LogP contribution is 2.31. The molecule has 1 aromatic heterocycles. The van der Waals surface area contributed by atoms with Crippen LogP contribution in [-0.2, 0) is 0 Å². The second kappa shape index (κ2) is 3.89. The van der Waals surface area contributed by atoms with Gasteiger partial charge in [0.15, 0.2) is 0 Å². The number of nitrogens with two attached hydrogens (primary N) is 1. The molecule has 1 fully saturated rings. The van der Waals surface area contributed by atoms with Crippen molar-refractivity contribution in [2.45, 2.75) is 18.6 Å². The largest absolute Gasteiger partial charge is 0.382 e. The van der Waals surface area contributed by atoms with Crippen LogP contribution in [0.15, 0.2) is 12.4 Å². The Morgan fingerprint density at radius 3 is 2.80 bits per heavy atom. The number of rotatable bonds is 1. The molecule has 0 spiro atoms. The lowest BCUT2D eigenvalue weighted by Crippen LogP contribution is -2.43. The van der Waals surface area contributed by atoms with E-state index in [1.165, 1.54) is 0 Å². The predicted octanol–water partition coefficient (Wildman–Crippen LogP) is 1.39. The Bertz CT molecular complexity index is 336. The number of hydrogen-bond acceptors (Lipinski definition) is 5. The van der Waals surface area contributed by atoms with Crippen LogP contribution in [-0.4, -0.2) is 33.6 Å². The molecule has 2 rings (SSSR count). The smallest absolute Gasteiger partial charge is 0.147 e. The van der Waals surface area contributed by atoms with Crippen molar-refractivity contribution in [1.29, 1.82) is 0 Å². The first-order chi connectivity index (χ1) is 7.07. The van der Waals surface area contributed by atoms with Gasteiger partial charge in [-0.25, -0.2) is 9.97 Å². The fourth-order valence-corrected chi connectivity index (χ4v) is 2.82. The molecular weight excluding hydrogens is 208 g/mol. The summed E-state index contributed by atoms with van der Waals surface area (Å²) in [6, 6.07) is 0. The third-order valence-corrected chi connectivity index (χ3v) is 3.71. The molecule has 0 saturated carbocycles. The Balaban J connectivity index is 2.13. The summed E-state index contributed by atoms with van der Waals surface area (Å²) in [5, 5.41) is 0. The molecule has 0 radical (unpaired) electrons. The van der Waals surface area contributed by atoms with E-state index in [0.29, 0.717) is 10.6 Å². The highest BCUT2D eigenvalue weighted by Gasteiger charge is 2.27. The van der Waals surface area contributed by atoms with Crippen molar-refractivity contribution in [3.05, 3.63) is 12.4 Å². The molecule has 1 aromatic rings. The monoisotopic (exact) mass is 224 g/mol. The number of hydrogen-bond donors (Lipinski definition) is 1. The van der Waals surface area contributed by atoms with Crippen LogP contribution in [0.4, 0.5) is 11.6 Å². The van der Waals surface area contributed by atoms with Crippen molar-refractivity contribution in [2.75, 3.05) is 29.5 Å². The zero-order valence-electron chi connectivity index (χ0n) is 9.10. The van der Waals surface area contributed by atoms with E-state index < -0.39 is 0 Å². The molecule has 5 heteroatoms. The van der Waals surface area contributed by atoms with Crippen LogP contribution in [0.25, 0.3) is 0 Å². The van der Waals surface area contributed by atoms with Gasteiger partial charge in [-0.05, 0) is 13.8 Å². The molecule has 1 aliphatic rings. The SMILES string of the molecule is CC1(C)CN(c2cnc(N)cn2)CCS1. The van der Waals surface area contributed by atoms with Crippen molar-refractivity contribution < 1.29 is 0 Å². The maximum Gasteiger partial charge on any atom is 0.147 e.